The van der Waals surface area contributed by atoms with Crippen LogP contribution in [-0.4, -0.2) is 0 Å². The largest absolute Gasteiger partial charge is 0.311 e. The number of nitrogens with zero attached hydrogens (tertiary/aromatic N) is 2. The van der Waals surface area contributed by atoms with Crippen LogP contribution in [0.15, 0.2) is 158 Å². The molecule has 0 N–H and O–H groups in total. The van der Waals surface area contributed by atoms with Gasteiger partial charge in [0.2, 0.25) is 0 Å². The zero-order chi connectivity index (χ0) is 37.1. The van der Waals surface area contributed by atoms with Gasteiger partial charge in [-0.3, -0.25) is 0 Å². The molecule has 52 heavy (non-hydrogen) atoms. The van der Waals surface area contributed by atoms with Crippen molar-refractivity contribution in [3.8, 4) is 11.1 Å². The van der Waals surface area contributed by atoms with Gasteiger partial charge >= 0.3 is 0 Å². The van der Waals surface area contributed by atoms with Gasteiger partial charge in [-0.15, -0.1) is 0 Å². The van der Waals surface area contributed by atoms with Gasteiger partial charge in [0.15, 0.2) is 0 Å². The van der Waals surface area contributed by atoms with Crippen molar-refractivity contribution in [2.75, 3.05) is 9.80 Å². The minimum atomic E-state index is 0.196. The Morgan fingerprint density at radius 1 is 0.327 bits per heavy atom. The molecule has 0 saturated carbocycles. The van der Waals surface area contributed by atoms with Crippen LogP contribution in [-0.2, 0) is 10.8 Å². The monoisotopic (exact) mass is 686 g/mol. The number of rotatable bonds is 13. The lowest BCUT2D eigenvalue weighted by Gasteiger charge is -2.30. The average molecular weight is 687 g/mol. The summed E-state index contributed by atoms with van der Waals surface area (Å²) < 4.78 is 0. The Morgan fingerprint density at radius 3 is 0.808 bits per heavy atom. The fraction of sp³-hybridized carbons (Fsp3) is 0.280. The van der Waals surface area contributed by atoms with Crippen molar-refractivity contribution in [3.63, 3.8) is 0 Å². The molecule has 0 fully saturated rings. The molecule has 6 aromatic carbocycles. The van der Waals surface area contributed by atoms with E-state index in [1.54, 1.807) is 0 Å². The topological polar surface area (TPSA) is 6.48 Å². The van der Waals surface area contributed by atoms with Crippen LogP contribution in [0.4, 0.5) is 34.1 Å². The van der Waals surface area contributed by atoms with Gasteiger partial charge in [-0.25, -0.2) is 0 Å². The molecule has 2 heteroatoms. The van der Waals surface area contributed by atoms with E-state index in [0.717, 1.165) is 59.8 Å². The molecule has 0 spiro atoms. The van der Waals surface area contributed by atoms with Gasteiger partial charge in [0, 0.05) is 34.1 Å². The van der Waals surface area contributed by atoms with E-state index >= 15 is 0 Å². The van der Waals surface area contributed by atoms with Gasteiger partial charge in [-0.2, -0.15) is 0 Å². The van der Waals surface area contributed by atoms with Crippen molar-refractivity contribution < 1.29 is 0 Å². The van der Waals surface area contributed by atoms with Crippen LogP contribution >= 0.6 is 0 Å². The highest BCUT2D eigenvalue weighted by Crippen LogP contribution is 2.40. The number of benzene rings is 6. The quantitative estimate of drug-likeness (QED) is 0.119. The molecule has 0 aliphatic carbocycles. The second-order valence-corrected chi connectivity index (χ2v) is 14.1. The summed E-state index contributed by atoms with van der Waals surface area (Å²) in [6, 6.07) is 57.6. The van der Waals surface area contributed by atoms with Crippen molar-refractivity contribution in [1.29, 1.82) is 0 Å². The zero-order valence-corrected chi connectivity index (χ0v) is 32.7. The molecular weight excluding hydrogens is 629 g/mol. The van der Waals surface area contributed by atoms with Crippen LogP contribution in [0.2, 0.25) is 0 Å². The maximum atomic E-state index is 2.37. The summed E-state index contributed by atoms with van der Waals surface area (Å²) in [5.74, 6) is 0. The Kier molecular flexibility index (Phi) is 12.8. The molecule has 0 aromatic heterocycles. The number of hydrogen-bond donors (Lipinski definition) is 0. The van der Waals surface area contributed by atoms with Gasteiger partial charge in [0.1, 0.15) is 0 Å². The van der Waals surface area contributed by atoms with Crippen LogP contribution in [0, 0.1) is 0 Å². The Labute approximate surface area is 314 Å². The Bertz CT molecular complexity index is 1770. The van der Waals surface area contributed by atoms with Crippen molar-refractivity contribution in [2.24, 2.45) is 0 Å². The second-order valence-electron chi connectivity index (χ2n) is 14.1. The van der Waals surface area contributed by atoms with Gasteiger partial charge in [0.05, 0.1) is 0 Å². The van der Waals surface area contributed by atoms with Crippen molar-refractivity contribution in [3.05, 3.63) is 169 Å². The van der Waals surface area contributed by atoms with Gasteiger partial charge in [-0.1, -0.05) is 140 Å². The number of para-hydroxylation sites is 2. The fourth-order valence-electron chi connectivity index (χ4n) is 7.00. The molecule has 0 heterocycles. The molecule has 2 nitrogen and oxygen atoms in total. The summed E-state index contributed by atoms with van der Waals surface area (Å²) in [5, 5.41) is 0. The minimum Gasteiger partial charge on any atom is -0.311 e. The van der Waals surface area contributed by atoms with Crippen LogP contribution < -0.4 is 9.80 Å². The van der Waals surface area contributed by atoms with Gasteiger partial charge < -0.3 is 9.80 Å². The highest BCUT2D eigenvalue weighted by Gasteiger charge is 2.24. The lowest BCUT2D eigenvalue weighted by molar-refractivity contribution is 0.439. The first-order valence-corrected chi connectivity index (χ1v) is 19.4. The maximum absolute atomic E-state index is 2.37. The fourth-order valence-corrected chi connectivity index (χ4v) is 7.00. The zero-order valence-electron chi connectivity index (χ0n) is 32.7. The molecule has 0 amide bonds. The van der Waals surface area contributed by atoms with Crippen LogP contribution in [0.5, 0.6) is 0 Å². The van der Waals surface area contributed by atoms with E-state index in [9.17, 15) is 0 Å². The molecular formula is C50H58N2. The summed E-state index contributed by atoms with van der Waals surface area (Å²) in [6.45, 7) is 17.9. The summed E-state index contributed by atoms with van der Waals surface area (Å²) in [6.07, 6.45) is 4.51. The third-order valence-electron chi connectivity index (χ3n) is 11.4. The van der Waals surface area contributed by atoms with Crippen molar-refractivity contribution >= 4 is 34.1 Å². The predicted molar refractivity (Wildman–Crippen MR) is 228 cm³/mol. The van der Waals surface area contributed by atoms with Gasteiger partial charge in [0.25, 0.3) is 0 Å². The molecule has 0 radical (unpaired) electrons. The van der Waals surface area contributed by atoms with E-state index < -0.39 is 0 Å². The van der Waals surface area contributed by atoms with E-state index in [2.05, 4.69) is 209 Å². The maximum Gasteiger partial charge on any atom is 0.0462 e. The molecule has 6 aromatic rings. The molecule has 6 rings (SSSR count). The number of anilines is 6. The molecule has 0 atom stereocenters. The Morgan fingerprint density at radius 2 is 0.558 bits per heavy atom. The Balaban J connectivity index is 0.00000257. The average Bonchev–Trinajstić information content (AvgIpc) is 3.23. The van der Waals surface area contributed by atoms with Crippen LogP contribution in [0.1, 0.15) is 92.2 Å². The first kappa shape index (κ1) is 38.2. The van der Waals surface area contributed by atoms with E-state index in [1.807, 2.05) is 13.8 Å². The molecule has 0 aliphatic rings. The standard InChI is InChI=1S/C48H52N2.C2H6/c1-7-47(5,8-2)39-25-33-45(34-26-39)49(41-17-13-11-14-18-41)43-29-21-37(22-30-43)38-23-31-44(32-24-38)50(42-19-15-12-16-20-42)46-35-27-40(28-36-46)48(6,9-3)10-4;1-2/h11-36H,7-10H2,1-6H3;1-2H3. The highest BCUT2D eigenvalue weighted by atomic mass is 15.1. The van der Waals surface area contributed by atoms with Crippen molar-refractivity contribution in [2.45, 2.75) is 91.9 Å². The summed E-state index contributed by atoms with van der Waals surface area (Å²) in [4.78, 5) is 4.69. The third-order valence-corrected chi connectivity index (χ3v) is 11.4. The third kappa shape index (κ3) is 8.18. The number of hydrogen-bond acceptors (Lipinski definition) is 2. The normalized spacial score (nSPS) is 11.4. The summed E-state index contributed by atoms with van der Waals surface area (Å²) >= 11 is 0. The van der Waals surface area contributed by atoms with Crippen LogP contribution in [0.25, 0.3) is 11.1 Å². The van der Waals surface area contributed by atoms with Gasteiger partial charge in [-0.05, 0) is 132 Å². The van der Waals surface area contributed by atoms with E-state index in [-0.39, 0.29) is 10.8 Å². The second kappa shape index (κ2) is 17.4. The molecule has 0 saturated heterocycles. The van der Waals surface area contributed by atoms with E-state index in [4.69, 9.17) is 0 Å². The first-order valence-electron chi connectivity index (χ1n) is 19.4. The van der Waals surface area contributed by atoms with E-state index in [1.165, 1.54) is 22.3 Å². The summed E-state index contributed by atoms with van der Waals surface area (Å²) in [7, 11) is 0. The van der Waals surface area contributed by atoms with Crippen molar-refractivity contribution in [1.82, 2.24) is 0 Å². The first-order chi connectivity index (χ1) is 25.3. The SMILES string of the molecule is CC.CCC(C)(CC)c1ccc(N(c2ccccc2)c2ccc(-c3ccc(N(c4ccccc4)c4ccc(C(C)(CC)CC)cc4)cc3)cc2)cc1. The molecule has 0 bridgehead atoms. The minimum absolute atomic E-state index is 0.196. The predicted octanol–water partition coefficient (Wildman–Crippen LogP) is 15.5. The molecule has 268 valence electrons. The highest BCUT2D eigenvalue weighted by molar-refractivity contribution is 5.80. The lowest BCUT2D eigenvalue weighted by Crippen LogP contribution is -2.19. The smallest absolute Gasteiger partial charge is 0.0462 e. The Hall–Kier alpha value is -5.08. The van der Waals surface area contributed by atoms with E-state index in [0.29, 0.717) is 0 Å². The lowest BCUT2D eigenvalue weighted by atomic mass is 9.78. The van der Waals surface area contributed by atoms with Crippen LogP contribution in [0.3, 0.4) is 0 Å². The molecule has 0 aliphatic heterocycles. The molecule has 0 unspecified atom stereocenters. The summed E-state index contributed by atoms with van der Waals surface area (Å²) in [5.41, 5.74) is 12.5.